The van der Waals surface area contributed by atoms with Crippen molar-refractivity contribution in [2.45, 2.75) is 38.8 Å². The van der Waals surface area contributed by atoms with Gasteiger partial charge in [0.1, 0.15) is 10.8 Å². The topological polar surface area (TPSA) is 45.7 Å². The largest absolute Gasteiger partial charge is 0.443 e. The molecule has 1 amide bonds. The SMILES string of the molecule is CC(C)(C)OC(=O)N1c2nc(Cl)ccc2N2CCC1C2. The van der Waals surface area contributed by atoms with E-state index in [1.807, 2.05) is 26.8 Å². The number of aromatic nitrogens is 1. The molecule has 3 rings (SSSR count). The summed E-state index contributed by atoms with van der Waals surface area (Å²) >= 11 is 5.99. The quantitative estimate of drug-likeness (QED) is 0.690. The summed E-state index contributed by atoms with van der Waals surface area (Å²) in [5.74, 6) is 0.612. The first-order chi connectivity index (χ1) is 9.35. The summed E-state index contributed by atoms with van der Waals surface area (Å²) in [5, 5.41) is 0.389. The van der Waals surface area contributed by atoms with E-state index in [-0.39, 0.29) is 12.1 Å². The van der Waals surface area contributed by atoms with Gasteiger partial charge in [-0.3, -0.25) is 4.90 Å². The third-order valence-electron chi connectivity index (χ3n) is 3.51. The molecule has 2 aliphatic rings. The van der Waals surface area contributed by atoms with Crippen molar-refractivity contribution in [3.8, 4) is 0 Å². The fourth-order valence-electron chi connectivity index (χ4n) is 2.73. The van der Waals surface area contributed by atoms with E-state index in [4.69, 9.17) is 16.3 Å². The van der Waals surface area contributed by atoms with Crippen LogP contribution in [-0.4, -0.2) is 35.8 Å². The fourth-order valence-corrected chi connectivity index (χ4v) is 2.88. The number of halogens is 1. The van der Waals surface area contributed by atoms with Gasteiger partial charge in [0.2, 0.25) is 0 Å². The second kappa shape index (κ2) is 4.52. The number of hydrogen-bond donors (Lipinski definition) is 0. The minimum atomic E-state index is -0.522. The minimum absolute atomic E-state index is 0.114. The van der Waals surface area contributed by atoms with Crippen molar-refractivity contribution >= 4 is 29.2 Å². The first-order valence-electron chi connectivity index (χ1n) is 6.79. The number of anilines is 2. The summed E-state index contributed by atoms with van der Waals surface area (Å²) in [6, 6.07) is 3.79. The number of rotatable bonds is 0. The number of fused-ring (bicyclic) bond motifs is 4. The molecular formula is C14H18ClN3O2. The lowest BCUT2D eigenvalue weighted by molar-refractivity contribution is 0.0566. The molecule has 0 radical (unpaired) electrons. The van der Waals surface area contributed by atoms with Crippen molar-refractivity contribution in [1.82, 2.24) is 4.98 Å². The Kier molecular flexibility index (Phi) is 3.05. The molecular weight excluding hydrogens is 278 g/mol. The molecule has 1 aromatic heterocycles. The Balaban J connectivity index is 1.99. The van der Waals surface area contributed by atoms with Crippen molar-refractivity contribution in [3.05, 3.63) is 17.3 Å². The van der Waals surface area contributed by atoms with E-state index in [1.165, 1.54) is 0 Å². The highest BCUT2D eigenvalue weighted by Crippen LogP contribution is 2.39. The molecule has 1 aromatic rings. The molecule has 20 heavy (non-hydrogen) atoms. The van der Waals surface area contributed by atoms with Crippen LogP contribution >= 0.6 is 11.6 Å². The minimum Gasteiger partial charge on any atom is -0.443 e. The van der Waals surface area contributed by atoms with Crippen LogP contribution in [0.1, 0.15) is 27.2 Å². The van der Waals surface area contributed by atoms with Gasteiger partial charge >= 0.3 is 6.09 Å². The van der Waals surface area contributed by atoms with Crippen LogP contribution in [0.3, 0.4) is 0 Å². The molecule has 2 aliphatic heterocycles. The van der Waals surface area contributed by atoms with Gasteiger partial charge in [0, 0.05) is 13.1 Å². The van der Waals surface area contributed by atoms with Gasteiger partial charge in [0.25, 0.3) is 0 Å². The smallest absolute Gasteiger partial charge is 0.416 e. The molecule has 2 bridgehead atoms. The Labute approximate surface area is 123 Å². The Morgan fingerprint density at radius 2 is 2.20 bits per heavy atom. The van der Waals surface area contributed by atoms with Crippen LogP contribution in [0.25, 0.3) is 0 Å². The van der Waals surface area contributed by atoms with Gasteiger partial charge < -0.3 is 9.64 Å². The standard InChI is InChI=1S/C14H18ClN3O2/c1-14(2,3)20-13(19)18-9-6-7-17(8-9)10-4-5-11(15)16-12(10)18/h4-5,9H,6-8H2,1-3H3. The van der Waals surface area contributed by atoms with Crippen molar-refractivity contribution < 1.29 is 9.53 Å². The van der Waals surface area contributed by atoms with Crippen molar-refractivity contribution in [3.63, 3.8) is 0 Å². The zero-order valence-corrected chi connectivity index (χ0v) is 12.6. The molecule has 5 nitrogen and oxygen atoms in total. The molecule has 1 unspecified atom stereocenters. The maximum atomic E-state index is 12.5. The number of nitrogens with zero attached hydrogens (tertiary/aromatic N) is 3. The molecule has 1 atom stereocenters. The molecule has 0 aliphatic carbocycles. The molecule has 0 spiro atoms. The average Bonchev–Trinajstić information content (AvgIpc) is 2.71. The lowest BCUT2D eigenvalue weighted by Crippen LogP contribution is -2.48. The summed E-state index contributed by atoms with van der Waals surface area (Å²) < 4.78 is 5.51. The number of ether oxygens (including phenoxy) is 1. The van der Waals surface area contributed by atoms with Crippen LogP contribution in [-0.2, 0) is 4.74 Å². The van der Waals surface area contributed by atoms with Gasteiger partial charge in [-0.1, -0.05) is 11.6 Å². The summed E-state index contributed by atoms with van der Waals surface area (Å²) in [4.78, 5) is 20.7. The van der Waals surface area contributed by atoms with Gasteiger partial charge in [0.05, 0.1) is 11.7 Å². The first kappa shape index (κ1) is 13.5. The van der Waals surface area contributed by atoms with E-state index in [9.17, 15) is 4.79 Å². The van der Waals surface area contributed by atoms with Crippen molar-refractivity contribution in [1.29, 1.82) is 0 Å². The summed E-state index contributed by atoms with van der Waals surface area (Å²) in [7, 11) is 0. The second-order valence-electron chi connectivity index (χ2n) is 6.22. The van der Waals surface area contributed by atoms with Gasteiger partial charge in [-0.2, -0.15) is 0 Å². The molecule has 0 saturated carbocycles. The second-order valence-corrected chi connectivity index (χ2v) is 6.60. The van der Waals surface area contributed by atoms with E-state index in [0.717, 1.165) is 25.2 Å². The Hall–Kier alpha value is -1.49. The van der Waals surface area contributed by atoms with Gasteiger partial charge in [-0.15, -0.1) is 0 Å². The monoisotopic (exact) mass is 295 g/mol. The zero-order valence-electron chi connectivity index (χ0n) is 11.9. The Bertz CT molecular complexity index is 556. The van der Waals surface area contributed by atoms with Crippen LogP contribution in [0.2, 0.25) is 5.15 Å². The molecule has 108 valence electrons. The van der Waals surface area contributed by atoms with Crippen LogP contribution in [0.15, 0.2) is 12.1 Å². The fraction of sp³-hybridized carbons (Fsp3) is 0.571. The van der Waals surface area contributed by atoms with E-state index in [0.29, 0.717) is 11.0 Å². The highest BCUT2D eigenvalue weighted by molar-refractivity contribution is 6.29. The highest BCUT2D eigenvalue weighted by Gasteiger charge is 2.41. The normalized spacial score (nSPS) is 20.9. The number of carbonyl (C=O) groups excluding carboxylic acids is 1. The van der Waals surface area contributed by atoms with Gasteiger partial charge in [-0.25, -0.2) is 9.78 Å². The molecule has 0 N–H and O–H groups in total. The molecule has 3 heterocycles. The van der Waals surface area contributed by atoms with Crippen LogP contribution in [0.5, 0.6) is 0 Å². The predicted octanol–water partition coefficient (Wildman–Crippen LogP) is 3.07. The van der Waals surface area contributed by atoms with Crippen LogP contribution in [0, 0.1) is 0 Å². The van der Waals surface area contributed by atoms with Crippen molar-refractivity contribution in [2.24, 2.45) is 0 Å². The molecule has 6 heteroatoms. The lowest BCUT2D eigenvalue weighted by atomic mass is 10.2. The van der Waals surface area contributed by atoms with Crippen LogP contribution < -0.4 is 9.80 Å². The molecule has 0 aromatic carbocycles. The van der Waals surface area contributed by atoms with Crippen LogP contribution in [0.4, 0.5) is 16.3 Å². The lowest BCUT2D eigenvalue weighted by Gasteiger charge is -2.36. The highest BCUT2D eigenvalue weighted by atomic mass is 35.5. The van der Waals surface area contributed by atoms with E-state index in [2.05, 4.69) is 9.88 Å². The maximum Gasteiger partial charge on any atom is 0.416 e. The van der Waals surface area contributed by atoms with E-state index in [1.54, 1.807) is 11.0 Å². The first-order valence-corrected chi connectivity index (χ1v) is 7.17. The van der Waals surface area contributed by atoms with Gasteiger partial charge in [0.15, 0.2) is 5.82 Å². The Morgan fingerprint density at radius 1 is 1.45 bits per heavy atom. The number of carbonyl (C=O) groups is 1. The number of amides is 1. The summed E-state index contributed by atoms with van der Waals surface area (Å²) in [6.07, 6.45) is 0.577. The maximum absolute atomic E-state index is 12.5. The molecule has 1 saturated heterocycles. The van der Waals surface area contributed by atoms with Crippen molar-refractivity contribution in [2.75, 3.05) is 22.9 Å². The average molecular weight is 296 g/mol. The Morgan fingerprint density at radius 3 is 2.90 bits per heavy atom. The zero-order chi connectivity index (χ0) is 14.5. The predicted molar refractivity (Wildman–Crippen MR) is 78.6 cm³/mol. The molecule has 1 fully saturated rings. The third-order valence-corrected chi connectivity index (χ3v) is 3.72. The third kappa shape index (κ3) is 2.30. The van der Waals surface area contributed by atoms with E-state index < -0.39 is 5.60 Å². The number of pyridine rings is 1. The van der Waals surface area contributed by atoms with E-state index >= 15 is 0 Å². The van der Waals surface area contributed by atoms with Gasteiger partial charge in [-0.05, 0) is 39.3 Å². The summed E-state index contributed by atoms with van der Waals surface area (Å²) in [6.45, 7) is 7.35. The summed E-state index contributed by atoms with van der Waals surface area (Å²) in [5.41, 5.74) is 0.431. The number of hydrogen-bond acceptors (Lipinski definition) is 4.